The van der Waals surface area contributed by atoms with Crippen LogP contribution < -0.4 is 21.5 Å². The maximum absolute atomic E-state index is 12.5. The first-order valence-corrected chi connectivity index (χ1v) is 10.3. The molecule has 2 amide bonds. The number of anilines is 2. The number of para-hydroxylation sites is 2. The molecule has 2 heterocycles. The molecule has 0 aliphatic carbocycles. The average molecular weight is 452 g/mol. The second kappa shape index (κ2) is 8.51. The standard InChI is InChI=1S/C26H16N2O6/c29-19-13-23(33-21-7-3-1-5-17(19)21)25(31)27-15-9-11-16(12-10-15)28-26(32)24-14-20(30)18-6-2-4-8-22(18)34-24/h1-14H,(H,27,31)(H,28,32). The third-order valence-corrected chi connectivity index (χ3v) is 5.12. The van der Waals surface area contributed by atoms with Crippen LogP contribution in [0, 0.1) is 0 Å². The average Bonchev–Trinajstić information content (AvgIpc) is 2.85. The first-order valence-electron chi connectivity index (χ1n) is 10.3. The number of rotatable bonds is 4. The van der Waals surface area contributed by atoms with Crippen LogP contribution in [0.25, 0.3) is 21.9 Å². The normalized spacial score (nSPS) is 10.8. The zero-order chi connectivity index (χ0) is 23.7. The predicted octanol–water partition coefficient (Wildman–Crippen LogP) is 4.40. The summed E-state index contributed by atoms with van der Waals surface area (Å²) in [7, 11) is 0. The molecule has 5 aromatic rings. The lowest BCUT2D eigenvalue weighted by Gasteiger charge is -2.08. The Hall–Kier alpha value is -4.98. The van der Waals surface area contributed by atoms with Crippen molar-refractivity contribution in [2.45, 2.75) is 0 Å². The number of hydrogen-bond acceptors (Lipinski definition) is 6. The summed E-state index contributed by atoms with van der Waals surface area (Å²) in [4.78, 5) is 49.5. The van der Waals surface area contributed by atoms with Crippen molar-refractivity contribution in [2.24, 2.45) is 0 Å². The van der Waals surface area contributed by atoms with Gasteiger partial charge in [-0.3, -0.25) is 19.2 Å². The summed E-state index contributed by atoms with van der Waals surface area (Å²) in [5, 5.41) is 6.07. The molecule has 0 atom stereocenters. The molecule has 0 unspecified atom stereocenters. The van der Waals surface area contributed by atoms with Gasteiger partial charge in [0.1, 0.15) is 11.2 Å². The molecule has 0 bridgehead atoms. The minimum atomic E-state index is -0.586. The minimum absolute atomic E-state index is 0.118. The van der Waals surface area contributed by atoms with E-state index >= 15 is 0 Å². The Bertz CT molecular complexity index is 1560. The van der Waals surface area contributed by atoms with E-state index in [9.17, 15) is 19.2 Å². The molecule has 0 saturated carbocycles. The van der Waals surface area contributed by atoms with Crippen molar-refractivity contribution in [3.8, 4) is 0 Å². The number of carbonyl (C=O) groups is 2. The van der Waals surface area contributed by atoms with Crippen LogP contribution in [0.2, 0.25) is 0 Å². The molecule has 2 N–H and O–H groups in total. The molecule has 8 nitrogen and oxygen atoms in total. The van der Waals surface area contributed by atoms with Crippen LogP contribution in [0.1, 0.15) is 21.1 Å². The van der Waals surface area contributed by atoms with E-state index in [1.165, 1.54) is 0 Å². The SMILES string of the molecule is O=C(Nc1ccc(NC(=O)c2cc(=O)c3ccccc3o2)cc1)c1cc(=O)c2ccccc2o1. The molecule has 0 saturated heterocycles. The maximum atomic E-state index is 12.5. The van der Waals surface area contributed by atoms with Crippen LogP contribution in [0.5, 0.6) is 0 Å². The molecule has 2 aromatic heterocycles. The molecule has 166 valence electrons. The molecule has 0 fully saturated rings. The quantitative estimate of drug-likeness (QED) is 0.417. The molecule has 0 aliphatic rings. The van der Waals surface area contributed by atoms with E-state index in [0.717, 1.165) is 12.1 Å². The highest BCUT2D eigenvalue weighted by molar-refractivity contribution is 6.04. The fraction of sp³-hybridized carbons (Fsp3) is 0. The lowest BCUT2D eigenvalue weighted by Crippen LogP contribution is -2.16. The highest BCUT2D eigenvalue weighted by atomic mass is 16.3. The van der Waals surface area contributed by atoms with E-state index in [1.807, 2.05) is 0 Å². The van der Waals surface area contributed by atoms with Crippen LogP contribution in [0.4, 0.5) is 11.4 Å². The predicted molar refractivity (Wildman–Crippen MR) is 127 cm³/mol. The smallest absolute Gasteiger partial charge is 0.291 e. The Morgan fingerprint density at radius 3 is 1.35 bits per heavy atom. The first kappa shape index (κ1) is 20.9. The van der Waals surface area contributed by atoms with Gasteiger partial charge >= 0.3 is 0 Å². The third-order valence-electron chi connectivity index (χ3n) is 5.12. The molecule has 34 heavy (non-hydrogen) atoms. The summed E-state index contributed by atoms with van der Waals surface area (Å²) in [6, 6.07) is 21.9. The zero-order valence-corrected chi connectivity index (χ0v) is 17.5. The second-order valence-electron chi connectivity index (χ2n) is 7.43. The Morgan fingerprint density at radius 1 is 0.559 bits per heavy atom. The zero-order valence-electron chi connectivity index (χ0n) is 17.5. The van der Waals surface area contributed by atoms with Crippen molar-refractivity contribution in [3.63, 3.8) is 0 Å². The van der Waals surface area contributed by atoms with E-state index in [2.05, 4.69) is 10.6 Å². The summed E-state index contributed by atoms with van der Waals surface area (Å²) >= 11 is 0. The van der Waals surface area contributed by atoms with Crippen LogP contribution in [-0.2, 0) is 0 Å². The van der Waals surface area contributed by atoms with Crippen molar-refractivity contribution in [3.05, 3.63) is 117 Å². The van der Waals surface area contributed by atoms with E-state index < -0.39 is 11.8 Å². The highest BCUT2D eigenvalue weighted by Gasteiger charge is 2.14. The molecular formula is C26H16N2O6. The van der Waals surface area contributed by atoms with Gasteiger partial charge in [-0.15, -0.1) is 0 Å². The fourth-order valence-electron chi connectivity index (χ4n) is 3.45. The Balaban J connectivity index is 1.30. The van der Waals surface area contributed by atoms with Crippen LogP contribution in [0.3, 0.4) is 0 Å². The van der Waals surface area contributed by atoms with E-state index in [1.54, 1.807) is 72.8 Å². The number of amides is 2. The Morgan fingerprint density at radius 2 is 0.941 bits per heavy atom. The Kier molecular flexibility index (Phi) is 5.23. The summed E-state index contributed by atoms with van der Waals surface area (Å²) in [6.45, 7) is 0. The van der Waals surface area contributed by atoms with Crippen molar-refractivity contribution < 1.29 is 18.4 Å². The van der Waals surface area contributed by atoms with Gasteiger partial charge in [0.2, 0.25) is 0 Å². The summed E-state index contributed by atoms with van der Waals surface area (Å²) in [5.74, 6) is -1.41. The summed E-state index contributed by atoms with van der Waals surface area (Å²) in [6.07, 6.45) is 0. The topological polar surface area (TPSA) is 119 Å². The molecule has 5 rings (SSSR count). The molecule has 0 spiro atoms. The lowest BCUT2D eigenvalue weighted by atomic mass is 10.2. The first-order chi connectivity index (χ1) is 16.5. The van der Waals surface area contributed by atoms with Gasteiger partial charge in [-0.2, -0.15) is 0 Å². The number of benzene rings is 3. The van der Waals surface area contributed by atoms with Gasteiger partial charge in [0.15, 0.2) is 22.4 Å². The van der Waals surface area contributed by atoms with Gasteiger partial charge in [-0.25, -0.2) is 0 Å². The summed E-state index contributed by atoms with van der Waals surface area (Å²) in [5.41, 5.74) is 0.861. The monoisotopic (exact) mass is 452 g/mol. The van der Waals surface area contributed by atoms with Gasteiger partial charge < -0.3 is 19.5 Å². The number of hydrogen-bond donors (Lipinski definition) is 2. The maximum Gasteiger partial charge on any atom is 0.291 e. The minimum Gasteiger partial charge on any atom is -0.451 e. The van der Waals surface area contributed by atoms with E-state index in [0.29, 0.717) is 33.3 Å². The van der Waals surface area contributed by atoms with Gasteiger partial charge in [-0.05, 0) is 48.5 Å². The van der Waals surface area contributed by atoms with Gasteiger partial charge in [-0.1, -0.05) is 24.3 Å². The highest BCUT2D eigenvalue weighted by Crippen LogP contribution is 2.18. The largest absolute Gasteiger partial charge is 0.451 e. The van der Waals surface area contributed by atoms with E-state index in [-0.39, 0.29) is 22.4 Å². The lowest BCUT2D eigenvalue weighted by molar-refractivity contribution is 0.0989. The number of fused-ring (bicyclic) bond motifs is 2. The number of nitrogens with one attached hydrogen (secondary N) is 2. The fourth-order valence-corrected chi connectivity index (χ4v) is 3.45. The number of carbonyl (C=O) groups excluding carboxylic acids is 2. The molecule has 8 heteroatoms. The molecule has 0 aliphatic heterocycles. The van der Waals surface area contributed by atoms with Gasteiger partial charge in [0.25, 0.3) is 11.8 Å². The molecule has 0 radical (unpaired) electrons. The van der Waals surface area contributed by atoms with Crippen molar-refractivity contribution in [2.75, 3.05) is 10.6 Å². The van der Waals surface area contributed by atoms with E-state index in [4.69, 9.17) is 8.83 Å². The second-order valence-corrected chi connectivity index (χ2v) is 7.43. The van der Waals surface area contributed by atoms with Crippen LogP contribution >= 0.6 is 0 Å². The van der Waals surface area contributed by atoms with Crippen molar-refractivity contribution >= 4 is 45.1 Å². The van der Waals surface area contributed by atoms with Gasteiger partial charge in [0.05, 0.1) is 10.8 Å². The Labute approximate surface area is 191 Å². The summed E-state index contributed by atoms with van der Waals surface area (Å²) < 4.78 is 11.1. The molecular weight excluding hydrogens is 436 g/mol. The van der Waals surface area contributed by atoms with Crippen molar-refractivity contribution in [1.29, 1.82) is 0 Å². The van der Waals surface area contributed by atoms with Crippen LogP contribution in [0.15, 0.2) is 103 Å². The molecule has 3 aromatic carbocycles. The van der Waals surface area contributed by atoms with Gasteiger partial charge in [0, 0.05) is 23.5 Å². The van der Waals surface area contributed by atoms with Crippen molar-refractivity contribution in [1.82, 2.24) is 0 Å². The van der Waals surface area contributed by atoms with Crippen LogP contribution in [-0.4, -0.2) is 11.8 Å². The third kappa shape index (κ3) is 4.07.